The van der Waals surface area contributed by atoms with Crippen LogP contribution in [0, 0.1) is 0 Å². The van der Waals surface area contributed by atoms with E-state index in [4.69, 9.17) is 8.37 Å². The summed E-state index contributed by atoms with van der Waals surface area (Å²) >= 11 is 0. The van der Waals surface area contributed by atoms with Crippen LogP contribution in [0.4, 0.5) is 0 Å². The Morgan fingerprint density at radius 1 is 0.457 bits per heavy atom. The Hall–Kier alpha value is -4.66. The van der Waals surface area contributed by atoms with E-state index in [1.165, 1.54) is 0 Å². The molecule has 234 valence electrons. The van der Waals surface area contributed by atoms with Crippen LogP contribution in [-0.2, 0) is 20.2 Å². The fourth-order valence-electron chi connectivity index (χ4n) is 6.22. The topological polar surface area (TPSA) is 86.7 Å². The zero-order valence-corrected chi connectivity index (χ0v) is 27.2. The Morgan fingerprint density at radius 2 is 0.804 bits per heavy atom. The van der Waals surface area contributed by atoms with Crippen molar-refractivity contribution in [3.8, 4) is 11.5 Å². The summed E-state index contributed by atoms with van der Waals surface area (Å²) in [5, 5.41) is 2.87. The molecule has 0 spiro atoms. The minimum atomic E-state index is -4.04. The van der Waals surface area contributed by atoms with Crippen molar-refractivity contribution in [2.24, 2.45) is 0 Å². The summed E-state index contributed by atoms with van der Waals surface area (Å²) in [5.41, 5.74) is 2.12. The Morgan fingerprint density at radius 3 is 1.17 bits per heavy atom. The Balaban J connectivity index is 1.19. The van der Waals surface area contributed by atoms with Gasteiger partial charge in [0, 0.05) is 10.8 Å². The summed E-state index contributed by atoms with van der Waals surface area (Å²) in [6.45, 7) is 4.24. The van der Waals surface area contributed by atoms with Gasteiger partial charge in [-0.15, -0.1) is 0 Å². The van der Waals surface area contributed by atoms with Gasteiger partial charge in [0.1, 0.15) is 21.3 Å². The van der Waals surface area contributed by atoms with E-state index >= 15 is 0 Å². The van der Waals surface area contributed by atoms with Crippen LogP contribution in [0.15, 0.2) is 143 Å². The first kappa shape index (κ1) is 31.3. The van der Waals surface area contributed by atoms with Gasteiger partial charge in [-0.05, 0) is 83.0 Å². The maximum Gasteiger partial charge on any atom is 0.339 e. The highest BCUT2D eigenvalue weighted by Crippen LogP contribution is 2.39. The van der Waals surface area contributed by atoms with Crippen LogP contribution in [0.25, 0.3) is 21.5 Å². The van der Waals surface area contributed by atoms with Gasteiger partial charge in [0.25, 0.3) is 0 Å². The average Bonchev–Trinajstić information content (AvgIpc) is 3.07. The van der Waals surface area contributed by atoms with E-state index in [-0.39, 0.29) is 33.1 Å². The highest BCUT2D eigenvalue weighted by atomic mass is 32.2. The van der Waals surface area contributed by atoms with E-state index in [9.17, 15) is 16.8 Å². The number of benzene rings is 6. The summed E-state index contributed by atoms with van der Waals surface area (Å²) in [5.74, 6) is 0.766. The van der Waals surface area contributed by atoms with E-state index in [0.29, 0.717) is 10.8 Å². The van der Waals surface area contributed by atoms with Crippen LogP contribution >= 0.6 is 0 Å². The molecule has 0 radical (unpaired) electrons. The van der Waals surface area contributed by atoms with Crippen molar-refractivity contribution in [2.75, 3.05) is 0 Å². The molecule has 0 bridgehead atoms. The van der Waals surface area contributed by atoms with Gasteiger partial charge in [-0.25, -0.2) is 0 Å². The smallest absolute Gasteiger partial charge is 0.339 e. The van der Waals surface area contributed by atoms with Gasteiger partial charge in [-0.1, -0.05) is 111 Å². The summed E-state index contributed by atoms with van der Waals surface area (Å²) < 4.78 is 64.0. The molecule has 2 atom stereocenters. The lowest BCUT2D eigenvalue weighted by molar-refractivity contribution is 0.482. The van der Waals surface area contributed by atoms with Crippen molar-refractivity contribution >= 4 is 41.8 Å². The second kappa shape index (κ2) is 13.0. The second-order valence-electron chi connectivity index (χ2n) is 11.2. The van der Waals surface area contributed by atoms with E-state index < -0.39 is 20.2 Å². The molecule has 6 aromatic carbocycles. The minimum Gasteiger partial charge on any atom is -0.379 e. The predicted molar refractivity (Wildman–Crippen MR) is 182 cm³/mol. The van der Waals surface area contributed by atoms with Crippen molar-refractivity contribution in [2.45, 2.75) is 48.3 Å². The third kappa shape index (κ3) is 6.36. The molecule has 0 aliphatic carbocycles. The summed E-state index contributed by atoms with van der Waals surface area (Å²) in [4.78, 5) is 0.258. The standard InChI is InChI=1S/C38H34O6S2/c1-3-33(29-19-23-31(24-20-29)43-45(39,40)37-17-9-13-27-11-5-7-15-35(27)37)34(4-2)30-21-25-32(26-22-30)44-46(41,42)38-18-10-14-28-12-6-8-16-36(28)38/h5-26,33-34H,3-4H2,1-2H3. The van der Waals surface area contributed by atoms with Crippen molar-refractivity contribution in [3.63, 3.8) is 0 Å². The molecule has 46 heavy (non-hydrogen) atoms. The monoisotopic (exact) mass is 650 g/mol. The number of fused-ring (bicyclic) bond motifs is 2. The molecule has 6 nitrogen and oxygen atoms in total. The third-order valence-electron chi connectivity index (χ3n) is 8.43. The summed E-state index contributed by atoms with van der Waals surface area (Å²) in [7, 11) is -8.09. The van der Waals surface area contributed by atoms with Gasteiger partial charge >= 0.3 is 20.2 Å². The van der Waals surface area contributed by atoms with Crippen molar-refractivity contribution < 1.29 is 25.2 Å². The van der Waals surface area contributed by atoms with Gasteiger partial charge in [0.2, 0.25) is 0 Å². The van der Waals surface area contributed by atoms with E-state index in [0.717, 1.165) is 34.7 Å². The quantitative estimate of drug-likeness (QED) is 0.130. The van der Waals surface area contributed by atoms with Gasteiger partial charge in [-0.2, -0.15) is 16.8 Å². The molecular formula is C38H34O6S2. The maximum atomic E-state index is 13.2. The van der Waals surface area contributed by atoms with Crippen LogP contribution in [-0.4, -0.2) is 16.8 Å². The first-order chi connectivity index (χ1) is 22.2. The maximum absolute atomic E-state index is 13.2. The molecule has 6 rings (SSSR count). The van der Waals surface area contributed by atoms with Crippen LogP contribution in [0.3, 0.4) is 0 Å². The zero-order valence-electron chi connectivity index (χ0n) is 25.5. The SMILES string of the molecule is CCC(c1ccc(OS(=O)(=O)c2cccc3ccccc23)cc1)C(CC)c1ccc(OS(=O)(=O)c2cccc3ccccc23)cc1. The summed E-state index contributed by atoms with van der Waals surface area (Å²) in [6, 6.07) is 39.3. The number of hydrogen-bond acceptors (Lipinski definition) is 6. The van der Waals surface area contributed by atoms with Crippen LogP contribution in [0.5, 0.6) is 11.5 Å². The van der Waals surface area contributed by atoms with Gasteiger partial charge in [0.15, 0.2) is 0 Å². The molecule has 2 unspecified atom stereocenters. The largest absolute Gasteiger partial charge is 0.379 e. The van der Waals surface area contributed by atoms with Crippen molar-refractivity contribution in [1.29, 1.82) is 0 Å². The first-order valence-corrected chi connectivity index (χ1v) is 18.1. The Bertz CT molecular complexity index is 2040. The fourth-order valence-corrected chi connectivity index (χ4v) is 8.53. The highest BCUT2D eigenvalue weighted by molar-refractivity contribution is 7.87. The first-order valence-electron chi connectivity index (χ1n) is 15.2. The average molecular weight is 651 g/mol. The van der Waals surface area contributed by atoms with Crippen molar-refractivity contribution in [1.82, 2.24) is 0 Å². The zero-order chi connectivity index (χ0) is 32.3. The molecule has 0 saturated carbocycles. The normalized spacial score (nSPS) is 13.3. The molecule has 0 heterocycles. The van der Waals surface area contributed by atoms with Crippen LogP contribution < -0.4 is 8.37 Å². The third-order valence-corrected chi connectivity index (χ3v) is 11.0. The molecule has 0 fully saturated rings. The second-order valence-corrected chi connectivity index (χ2v) is 14.2. The van der Waals surface area contributed by atoms with E-state index in [1.807, 2.05) is 60.7 Å². The minimum absolute atomic E-state index is 0.129. The molecular weight excluding hydrogens is 617 g/mol. The molecule has 0 aliphatic rings. The molecule has 8 heteroatoms. The van der Waals surface area contributed by atoms with Gasteiger partial charge in [0.05, 0.1) is 0 Å². The number of hydrogen-bond donors (Lipinski definition) is 0. The summed E-state index contributed by atoms with van der Waals surface area (Å²) in [6.07, 6.45) is 1.70. The van der Waals surface area contributed by atoms with Gasteiger partial charge < -0.3 is 8.37 Å². The van der Waals surface area contributed by atoms with Crippen LogP contribution in [0.2, 0.25) is 0 Å². The van der Waals surface area contributed by atoms with E-state index in [2.05, 4.69) is 13.8 Å². The van der Waals surface area contributed by atoms with Gasteiger partial charge in [-0.3, -0.25) is 0 Å². The molecule has 0 aliphatic heterocycles. The fraction of sp³-hybridized carbons (Fsp3) is 0.158. The lowest BCUT2D eigenvalue weighted by Gasteiger charge is -2.26. The van der Waals surface area contributed by atoms with E-state index in [1.54, 1.807) is 72.8 Å². The van der Waals surface area contributed by atoms with Crippen molar-refractivity contribution in [3.05, 3.63) is 145 Å². The lowest BCUT2D eigenvalue weighted by Crippen LogP contribution is -2.12. The molecule has 6 aromatic rings. The lowest BCUT2D eigenvalue weighted by atomic mass is 9.78. The molecule has 0 amide bonds. The Kier molecular flexibility index (Phi) is 8.84. The molecule has 0 N–H and O–H groups in total. The molecule has 0 saturated heterocycles. The van der Waals surface area contributed by atoms with Crippen LogP contribution in [0.1, 0.15) is 49.7 Å². The number of rotatable bonds is 11. The predicted octanol–water partition coefficient (Wildman–Crippen LogP) is 9.22. The highest BCUT2D eigenvalue weighted by Gasteiger charge is 2.25. The Labute approximate surface area is 270 Å². The molecule has 0 aromatic heterocycles.